The summed E-state index contributed by atoms with van der Waals surface area (Å²) in [5, 5.41) is 6.96. The lowest BCUT2D eigenvalue weighted by molar-refractivity contribution is -0.121. The number of likely N-dealkylation sites (tertiary alicyclic amines) is 1. The van der Waals surface area contributed by atoms with E-state index in [1.165, 1.54) is 0 Å². The number of hydrogen-bond acceptors (Lipinski definition) is 5. The van der Waals surface area contributed by atoms with Gasteiger partial charge in [0, 0.05) is 18.0 Å². The van der Waals surface area contributed by atoms with Crippen molar-refractivity contribution in [2.24, 2.45) is 5.92 Å². The maximum Gasteiger partial charge on any atom is 0.243 e. The van der Waals surface area contributed by atoms with Gasteiger partial charge in [-0.25, -0.2) is 0 Å². The summed E-state index contributed by atoms with van der Waals surface area (Å²) in [5.74, 6) is 1.58. The molecule has 24 heavy (non-hydrogen) atoms. The van der Waals surface area contributed by atoms with E-state index >= 15 is 0 Å². The van der Waals surface area contributed by atoms with Crippen molar-refractivity contribution in [2.75, 3.05) is 18.4 Å². The summed E-state index contributed by atoms with van der Waals surface area (Å²) >= 11 is 0. The number of nitrogens with one attached hydrogen (secondary N) is 1. The van der Waals surface area contributed by atoms with Crippen molar-refractivity contribution in [1.82, 2.24) is 15.0 Å². The van der Waals surface area contributed by atoms with Crippen LogP contribution in [0, 0.1) is 5.92 Å². The Morgan fingerprint density at radius 3 is 2.67 bits per heavy atom. The highest BCUT2D eigenvalue weighted by Crippen LogP contribution is 2.26. The fourth-order valence-corrected chi connectivity index (χ4v) is 3.05. The Morgan fingerprint density at radius 1 is 1.33 bits per heavy atom. The number of carbonyl (C=O) groups excluding carboxylic acids is 1. The van der Waals surface area contributed by atoms with Crippen molar-refractivity contribution < 1.29 is 9.32 Å². The molecule has 1 aromatic carbocycles. The Morgan fingerprint density at radius 2 is 2.04 bits per heavy atom. The minimum Gasteiger partial charge on any atom is -0.338 e. The van der Waals surface area contributed by atoms with Crippen molar-refractivity contribution in [3.63, 3.8) is 0 Å². The third-order valence-electron chi connectivity index (χ3n) is 4.65. The zero-order chi connectivity index (χ0) is 16.9. The molecule has 1 amide bonds. The van der Waals surface area contributed by atoms with Crippen LogP contribution >= 0.6 is 0 Å². The van der Waals surface area contributed by atoms with Crippen molar-refractivity contribution >= 4 is 11.6 Å². The number of aromatic nitrogens is 2. The summed E-state index contributed by atoms with van der Waals surface area (Å²) in [7, 11) is 0. The Balaban J connectivity index is 1.52. The van der Waals surface area contributed by atoms with E-state index in [-0.39, 0.29) is 17.9 Å². The molecule has 0 unspecified atom stereocenters. The Labute approximate surface area is 142 Å². The number of benzene rings is 1. The SMILES string of the molecule is CCc1noc([C@@H](C)N2CCC(C(=O)Nc3ccccc3)CC2)n1. The van der Waals surface area contributed by atoms with E-state index in [1.807, 2.05) is 37.3 Å². The average Bonchev–Trinajstić information content (AvgIpc) is 3.11. The van der Waals surface area contributed by atoms with E-state index in [0.29, 0.717) is 5.89 Å². The second kappa shape index (κ2) is 7.57. The van der Waals surface area contributed by atoms with E-state index < -0.39 is 0 Å². The maximum atomic E-state index is 12.4. The van der Waals surface area contributed by atoms with Gasteiger partial charge >= 0.3 is 0 Å². The van der Waals surface area contributed by atoms with Gasteiger partial charge in [0.25, 0.3) is 0 Å². The molecule has 6 heteroatoms. The summed E-state index contributed by atoms with van der Waals surface area (Å²) in [5.41, 5.74) is 0.858. The lowest BCUT2D eigenvalue weighted by Gasteiger charge is -2.33. The van der Waals surface area contributed by atoms with Crippen molar-refractivity contribution in [3.05, 3.63) is 42.0 Å². The number of carbonyl (C=O) groups is 1. The van der Waals surface area contributed by atoms with Crippen LogP contribution in [0.4, 0.5) is 5.69 Å². The fraction of sp³-hybridized carbons (Fsp3) is 0.500. The van der Waals surface area contributed by atoms with Crippen LogP contribution in [-0.4, -0.2) is 34.0 Å². The van der Waals surface area contributed by atoms with E-state index in [1.54, 1.807) is 0 Å². The van der Waals surface area contributed by atoms with Crippen molar-refractivity contribution in [2.45, 2.75) is 39.2 Å². The monoisotopic (exact) mass is 328 g/mol. The molecular formula is C18H24N4O2. The normalized spacial score (nSPS) is 17.6. The van der Waals surface area contributed by atoms with Gasteiger partial charge in [0.15, 0.2) is 5.82 Å². The van der Waals surface area contributed by atoms with Crippen LogP contribution in [0.3, 0.4) is 0 Å². The number of rotatable bonds is 5. The molecular weight excluding hydrogens is 304 g/mol. The van der Waals surface area contributed by atoms with E-state index in [4.69, 9.17) is 4.52 Å². The van der Waals surface area contributed by atoms with Gasteiger partial charge < -0.3 is 9.84 Å². The Hall–Kier alpha value is -2.21. The molecule has 1 aliphatic rings. The predicted molar refractivity (Wildman–Crippen MR) is 91.5 cm³/mol. The lowest BCUT2D eigenvalue weighted by atomic mass is 9.95. The summed E-state index contributed by atoms with van der Waals surface area (Å²) in [4.78, 5) is 19.1. The van der Waals surface area contributed by atoms with Gasteiger partial charge in [-0.3, -0.25) is 9.69 Å². The molecule has 0 radical (unpaired) electrons. The van der Waals surface area contributed by atoms with Crippen LogP contribution < -0.4 is 5.32 Å². The standard InChI is InChI=1S/C18H24N4O2/c1-3-16-20-18(24-21-16)13(2)22-11-9-14(10-12-22)17(23)19-15-7-5-4-6-8-15/h4-8,13-14H,3,9-12H2,1-2H3,(H,19,23)/t13-/m1/s1. The van der Waals surface area contributed by atoms with Crippen molar-refractivity contribution in [1.29, 1.82) is 0 Å². The van der Waals surface area contributed by atoms with E-state index in [0.717, 1.165) is 43.9 Å². The molecule has 2 aromatic rings. The number of para-hydroxylation sites is 1. The molecule has 0 saturated carbocycles. The minimum absolute atomic E-state index is 0.0579. The number of amides is 1. The second-order valence-electron chi connectivity index (χ2n) is 6.24. The van der Waals surface area contributed by atoms with E-state index in [9.17, 15) is 4.79 Å². The van der Waals surface area contributed by atoms with Crippen LogP contribution in [0.2, 0.25) is 0 Å². The van der Waals surface area contributed by atoms with Crippen LogP contribution in [0.15, 0.2) is 34.9 Å². The molecule has 0 aliphatic carbocycles. The highest BCUT2D eigenvalue weighted by atomic mass is 16.5. The van der Waals surface area contributed by atoms with Crippen LogP contribution in [0.1, 0.15) is 44.4 Å². The molecule has 128 valence electrons. The third-order valence-corrected chi connectivity index (χ3v) is 4.65. The summed E-state index contributed by atoms with van der Waals surface area (Å²) < 4.78 is 5.34. The average molecular weight is 328 g/mol. The Kier molecular flexibility index (Phi) is 5.25. The molecule has 0 spiro atoms. The first-order chi connectivity index (χ1) is 11.7. The van der Waals surface area contributed by atoms with Gasteiger partial charge in [0.2, 0.25) is 11.8 Å². The highest BCUT2D eigenvalue weighted by molar-refractivity contribution is 5.92. The predicted octanol–water partition coefficient (Wildman–Crippen LogP) is 3.04. The maximum absolute atomic E-state index is 12.4. The zero-order valence-electron chi connectivity index (χ0n) is 14.2. The molecule has 1 atom stereocenters. The molecule has 1 aromatic heterocycles. The van der Waals surface area contributed by atoms with Gasteiger partial charge in [0.05, 0.1) is 6.04 Å². The molecule has 1 fully saturated rings. The summed E-state index contributed by atoms with van der Waals surface area (Å²) in [6.45, 7) is 5.81. The molecule has 2 heterocycles. The number of piperidine rings is 1. The molecule has 0 bridgehead atoms. The molecule has 1 aliphatic heterocycles. The van der Waals surface area contributed by atoms with Gasteiger partial charge in [0.1, 0.15) is 0 Å². The molecule has 1 N–H and O–H groups in total. The van der Waals surface area contributed by atoms with Gasteiger partial charge in [-0.05, 0) is 45.0 Å². The van der Waals surface area contributed by atoms with Gasteiger partial charge in [-0.2, -0.15) is 4.98 Å². The quantitative estimate of drug-likeness (QED) is 0.913. The number of anilines is 1. The largest absolute Gasteiger partial charge is 0.338 e. The van der Waals surface area contributed by atoms with Crippen LogP contribution in [0.5, 0.6) is 0 Å². The van der Waals surface area contributed by atoms with Gasteiger partial charge in [-0.1, -0.05) is 30.3 Å². The number of hydrogen-bond donors (Lipinski definition) is 1. The van der Waals surface area contributed by atoms with Gasteiger partial charge in [-0.15, -0.1) is 0 Å². The smallest absolute Gasteiger partial charge is 0.243 e. The third kappa shape index (κ3) is 3.82. The first-order valence-corrected chi connectivity index (χ1v) is 8.59. The summed E-state index contributed by atoms with van der Waals surface area (Å²) in [6.07, 6.45) is 2.47. The number of nitrogens with zero attached hydrogens (tertiary/aromatic N) is 3. The minimum atomic E-state index is 0.0579. The second-order valence-corrected chi connectivity index (χ2v) is 6.24. The van der Waals surface area contributed by atoms with E-state index in [2.05, 4.69) is 27.3 Å². The first-order valence-electron chi connectivity index (χ1n) is 8.59. The number of aryl methyl sites for hydroxylation is 1. The zero-order valence-corrected chi connectivity index (χ0v) is 14.2. The van der Waals surface area contributed by atoms with Crippen molar-refractivity contribution in [3.8, 4) is 0 Å². The highest BCUT2D eigenvalue weighted by Gasteiger charge is 2.29. The topological polar surface area (TPSA) is 71.3 Å². The Bertz CT molecular complexity index is 663. The van der Waals surface area contributed by atoms with Crippen LogP contribution in [0.25, 0.3) is 0 Å². The lowest BCUT2D eigenvalue weighted by Crippen LogP contribution is -2.39. The summed E-state index contributed by atoms with van der Waals surface area (Å²) in [6, 6.07) is 9.71. The van der Waals surface area contributed by atoms with Crippen LogP contribution in [-0.2, 0) is 11.2 Å². The molecule has 6 nitrogen and oxygen atoms in total. The molecule has 1 saturated heterocycles. The fourth-order valence-electron chi connectivity index (χ4n) is 3.05. The first kappa shape index (κ1) is 16.6. The molecule has 3 rings (SSSR count).